The predicted molar refractivity (Wildman–Crippen MR) is 80.1 cm³/mol. The highest BCUT2D eigenvalue weighted by Gasteiger charge is 2.34. The molecule has 1 fully saturated rings. The fourth-order valence-corrected chi connectivity index (χ4v) is 2.83. The predicted octanol–water partition coefficient (Wildman–Crippen LogP) is 1.57. The normalized spacial score (nSPS) is 16.6. The zero-order valence-corrected chi connectivity index (χ0v) is 13.1. The Hall–Kier alpha value is -2.13. The van der Waals surface area contributed by atoms with Crippen LogP contribution in [0.1, 0.15) is 5.56 Å². The molecule has 3 N–H and O–H groups in total. The zero-order valence-electron chi connectivity index (χ0n) is 12.3. The minimum Gasteiger partial charge on any atom is -0.493 e. The van der Waals surface area contributed by atoms with Gasteiger partial charge in [-0.05, 0) is 35.5 Å². The van der Waals surface area contributed by atoms with E-state index in [4.69, 9.17) is 4.74 Å². The number of hydrogen-bond acceptors (Lipinski definition) is 5. The van der Waals surface area contributed by atoms with Crippen LogP contribution in [0.15, 0.2) is 23.1 Å². The van der Waals surface area contributed by atoms with E-state index in [1.165, 1.54) is 31.4 Å². The van der Waals surface area contributed by atoms with E-state index in [1.54, 1.807) is 0 Å². The lowest BCUT2D eigenvalue weighted by atomic mass is 10.2. The number of methoxy groups -OCH3 is 1. The fourth-order valence-electron chi connectivity index (χ4n) is 1.97. The van der Waals surface area contributed by atoms with Gasteiger partial charge in [-0.25, -0.2) is 0 Å². The molecular formula is C14H15F2N2O4S+. The quantitative estimate of drug-likeness (QED) is 0.792. The van der Waals surface area contributed by atoms with Crippen LogP contribution in [0.5, 0.6) is 11.5 Å². The van der Waals surface area contributed by atoms with Crippen molar-refractivity contribution in [1.29, 1.82) is 0 Å². The van der Waals surface area contributed by atoms with E-state index in [0.29, 0.717) is 12.1 Å². The number of carbonyl (C=O) groups excluding carboxylic acids is 2. The van der Waals surface area contributed by atoms with Gasteiger partial charge in [0, 0.05) is 0 Å². The summed E-state index contributed by atoms with van der Waals surface area (Å²) in [4.78, 5) is 25.2. The van der Waals surface area contributed by atoms with Crippen LogP contribution in [-0.2, 0) is 4.79 Å². The number of quaternary nitrogens is 1. The maximum Gasteiger partial charge on any atom is 0.387 e. The van der Waals surface area contributed by atoms with Gasteiger partial charge in [-0.2, -0.15) is 8.78 Å². The molecule has 0 unspecified atom stereocenters. The summed E-state index contributed by atoms with van der Waals surface area (Å²) in [6, 6.07) is 4.26. The molecular weight excluding hydrogens is 330 g/mol. The smallest absolute Gasteiger partial charge is 0.387 e. The van der Waals surface area contributed by atoms with E-state index in [-0.39, 0.29) is 28.2 Å². The van der Waals surface area contributed by atoms with Crippen molar-refractivity contribution in [3.8, 4) is 11.5 Å². The van der Waals surface area contributed by atoms with Gasteiger partial charge in [0.15, 0.2) is 11.5 Å². The first kappa shape index (κ1) is 17.2. The lowest BCUT2D eigenvalue weighted by molar-refractivity contribution is -0.367. The van der Waals surface area contributed by atoms with Gasteiger partial charge >= 0.3 is 6.61 Å². The van der Waals surface area contributed by atoms with E-state index in [1.807, 2.05) is 0 Å². The second-order valence-electron chi connectivity index (χ2n) is 4.48. The number of halogens is 2. The molecule has 2 amide bonds. The molecule has 1 saturated heterocycles. The highest BCUT2D eigenvalue weighted by Crippen LogP contribution is 2.34. The van der Waals surface area contributed by atoms with E-state index in [9.17, 15) is 18.4 Å². The topological polar surface area (TPSA) is 83.5 Å². The molecule has 124 valence electrons. The molecule has 6 nitrogen and oxygen atoms in total. The summed E-state index contributed by atoms with van der Waals surface area (Å²) in [6.45, 7) is -2.28. The van der Waals surface area contributed by atoms with Crippen molar-refractivity contribution in [2.24, 2.45) is 0 Å². The van der Waals surface area contributed by atoms with Crippen LogP contribution in [0.25, 0.3) is 6.08 Å². The van der Waals surface area contributed by atoms with Crippen molar-refractivity contribution >= 4 is 29.0 Å². The largest absolute Gasteiger partial charge is 0.493 e. The second-order valence-corrected chi connectivity index (χ2v) is 5.47. The first-order valence-corrected chi connectivity index (χ1v) is 7.45. The Labute approximate surface area is 135 Å². The van der Waals surface area contributed by atoms with Crippen molar-refractivity contribution in [1.82, 2.24) is 4.90 Å². The van der Waals surface area contributed by atoms with Crippen molar-refractivity contribution in [2.45, 2.75) is 6.61 Å². The van der Waals surface area contributed by atoms with Crippen LogP contribution >= 0.6 is 11.8 Å². The third kappa shape index (κ3) is 3.99. The van der Waals surface area contributed by atoms with Gasteiger partial charge in [0.1, 0.15) is 0 Å². The summed E-state index contributed by atoms with van der Waals surface area (Å²) in [5.41, 5.74) is 4.15. The molecule has 0 radical (unpaired) electrons. The van der Waals surface area contributed by atoms with E-state index in [0.717, 1.165) is 16.7 Å². The standard InChI is InChI=1S/C14H14F2N2O4S/c1-21-10-6-8(2-3-9(10)22-13(15)16)7-11-12(19)18(5-4-17)14(20)23-11/h2-3,6-7,13H,4-5,17H2,1H3/p+1/b11-7+. The summed E-state index contributed by atoms with van der Waals surface area (Å²) in [5, 5.41) is -0.352. The number of hydrogen-bond donors (Lipinski definition) is 1. The van der Waals surface area contributed by atoms with Gasteiger partial charge < -0.3 is 15.2 Å². The highest BCUT2D eigenvalue weighted by atomic mass is 32.2. The van der Waals surface area contributed by atoms with Crippen LogP contribution in [0.4, 0.5) is 13.6 Å². The van der Waals surface area contributed by atoms with Crippen LogP contribution in [0.2, 0.25) is 0 Å². The van der Waals surface area contributed by atoms with Gasteiger partial charge in [-0.1, -0.05) is 6.07 Å². The van der Waals surface area contributed by atoms with Crippen molar-refractivity contribution in [3.63, 3.8) is 0 Å². The van der Waals surface area contributed by atoms with Gasteiger partial charge in [0.25, 0.3) is 11.1 Å². The third-order valence-electron chi connectivity index (χ3n) is 2.96. The molecule has 2 rings (SSSR count). The Kier molecular flexibility index (Phi) is 5.56. The molecule has 1 aliphatic rings. The molecule has 0 saturated carbocycles. The lowest BCUT2D eigenvalue weighted by Gasteiger charge is -2.10. The Morgan fingerprint density at radius 2 is 2.09 bits per heavy atom. The maximum absolute atomic E-state index is 12.3. The number of benzene rings is 1. The number of imide groups is 1. The average Bonchev–Trinajstić information content (AvgIpc) is 2.76. The lowest BCUT2D eigenvalue weighted by Crippen LogP contribution is -2.55. The van der Waals surface area contributed by atoms with Crippen LogP contribution in [0.3, 0.4) is 0 Å². The SMILES string of the molecule is COc1cc(/C=C2/SC(=O)N(CC[NH3+])C2=O)ccc1OC(F)F. The minimum absolute atomic E-state index is 0.107. The molecule has 9 heteroatoms. The Morgan fingerprint density at radius 3 is 2.70 bits per heavy atom. The molecule has 1 aromatic rings. The van der Waals surface area contributed by atoms with Crippen molar-refractivity contribution in [3.05, 3.63) is 28.7 Å². The van der Waals surface area contributed by atoms with E-state index < -0.39 is 12.5 Å². The van der Waals surface area contributed by atoms with Crippen LogP contribution in [0, 0.1) is 0 Å². The van der Waals surface area contributed by atoms with Crippen LogP contribution < -0.4 is 15.2 Å². The summed E-state index contributed by atoms with van der Waals surface area (Å²) >= 11 is 0.824. The summed E-state index contributed by atoms with van der Waals surface area (Å²) < 4.78 is 33.9. The molecule has 1 heterocycles. The monoisotopic (exact) mass is 345 g/mol. The molecule has 0 spiro atoms. The van der Waals surface area contributed by atoms with Gasteiger partial charge in [-0.15, -0.1) is 0 Å². The molecule has 23 heavy (non-hydrogen) atoms. The minimum atomic E-state index is -2.96. The summed E-state index contributed by atoms with van der Waals surface area (Å²) in [5.74, 6) is -0.392. The molecule has 0 aliphatic carbocycles. The number of amides is 2. The first-order chi connectivity index (χ1) is 11.0. The van der Waals surface area contributed by atoms with Crippen LogP contribution in [-0.4, -0.2) is 42.9 Å². The molecule has 0 atom stereocenters. The second kappa shape index (κ2) is 7.42. The maximum atomic E-state index is 12.3. The number of thioether (sulfide) groups is 1. The summed E-state index contributed by atoms with van der Waals surface area (Å²) in [7, 11) is 1.32. The van der Waals surface area contributed by atoms with E-state index >= 15 is 0 Å². The average molecular weight is 345 g/mol. The zero-order chi connectivity index (χ0) is 17.0. The fraction of sp³-hybridized carbons (Fsp3) is 0.286. The number of ether oxygens (including phenoxy) is 2. The molecule has 1 aliphatic heterocycles. The highest BCUT2D eigenvalue weighted by molar-refractivity contribution is 8.18. The Morgan fingerprint density at radius 1 is 1.35 bits per heavy atom. The Balaban J connectivity index is 2.26. The number of alkyl halides is 2. The number of carbonyl (C=O) groups is 2. The molecule has 1 aromatic carbocycles. The van der Waals surface area contributed by atoms with Gasteiger partial charge in [0.05, 0.1) is 25.1 Å². The molecule has 0 bridgehead atoms. The van der Waals surface area contributed by atoms with Crippen molar-refractivity contribution < 1.29 is 33.6 Å². The van der Waals surface area contributed by atoms with Gasteiger partial charge in [0.2, 0.25) is 0 Å². The Bertz CT molecular complexity index is 652. The van der Waals surface area contributed by atoms with Gasteiger partial charge in [-0.3, -0.25) is 14.5 Å². The summed E-state index contributed by atoms with van der Waals surface area (Å²) in [6.07, 6.45) is 1.50. The third-order valence-corrected chi connectivity index (χ3v) is 3.86. The van der Waals surface area contributed by atoms with E-state index in [2.05, 4.69) is 10.5 Å². The number of rotatable bonds is 6. The van der Waals surface area contributed by atoms with Crippen molar-refractivity contribution in [2.75, 3.05) is 20.2 Å². The number of nitrogens with zero attached hydrogens (tertiary/aromatic N) is 1. The molecule has 0 aromatic heterocycles. The first-order valence-electron chi connectivity index (χ1n) is 6.63.